The number of carbonyl (C=O) groups excluding carboxylic acids is 2. The molecule has 0 N–H and O–H groups in total. The first-order valence-electron chi connectivity index (χ1n) is 6.91. The second-order valence-electron chi connectivity index (χ2n) is 5.21. The number of aliphatic imine (C=N–C) groups is 2. The van der Waals surface area contributed by atoms with Gasteiger partial charge in [0.1, 0.15) is 0 Å². The zero-order valence-corrected chi connectivity index (χ0v) is 12.8. The molecule has 0 spiro atoms. The summed E-state index contributed by atoms with van der Waals surface area (Å²) in [4.78, 5) is 28.2. The Morgan fingerprint density at radius 1 is 0.909 bits per heavy atom. The summed E-state index contributed by atoms with van der Waals surface area (Å²) in [6.45, 7) is 5.96. The predicted octanol–water partition coefficient (Wildman–Crippen LogP) is 4.14. The summed E-state index contributed by atoms with van der Waals surface area (Å²) in [5.74, 6) is 0. The molecule has 0 saturated carbocycles. The first-order chi connectivity index (χ1) is 10.6. The lowest BCUT2D eigenvalue weighted by molar-refractivity contribution is 0.564. The summed E-state index contributed by atoms with van der Waals surface area (Å²) in [7, 11) is 0. The van der Waals surface area contributed by atoms with Gasteiger partial charge in [-0.05, 0) is 67.1 Å². The van der Waals surface area contributed by atoms with Crippen molar-refractivity contribution in [3.05, 3.63) is 58.1 Å². The molecule has 110 valence electrons. The highest BCUT2D eigenvalue weighted by Gasteiger charge is 2.11. The Hall–Kier alpha value is -2.80. The second-order valence-corrected chi connectivity index (χ2v) is 5.21. The van der Waals surface area contributed by atoms with E-state index >= 15 is 0 Å². The Kier molecular flexibility index (Phi) is 4.80. The third kappa shape index (κ3) is 3.26. The van der Waals surface area contributed by atoms with Crippen molar-refractivity contribution < 1.29 is 9.59 Å². The van der Waals surface area contributed by atoms with Gasteiger partial charge in [-0.3, -0.25) is 0 Å². The topological polar surface area (TPSA) is 58.9 Å². The standard InChI is InChI=1S/C18H16N2O2/c1-12-8-13(2)18(20-11-22)14(3)17(12)9-15-4-6-16(7-5-15)19-10-21/h4-8H,9H2,1-3H3. The lowest BCUT2D eigenvalue weighted by Crippen LogP contribution is -1.98. The van der Waals surface area contributed by atoms with Crippen molar-refractivity contribution in [2.24, 2.45) is 9.98 Å². The molecule has 22 heavy (non-hydrogen) atoms. The van der Waals surface area contributed by atoms with Gasteiger partial charge in [0.25, 0.3) is 0 Å². The van der Waals surface area contributed by atoms with Crippen molar-refractivity contribution in [1.29, 1.82) is 0 Å². The predicted molar refractivity (Wildman–Crippen MR) is 85.5 cm³/mol. The van der Waals surface area contributed by atoms with Crippen LogP contribution in [0, 0.1) is 20.8 Å². The molecule has 4 heteroatoms. The first-order valence-corrected chi connectivity index (χ1v) is 6.91. The number of nitrogens with zero attached hydrogens (tertiary/aromatic N) is 2. The van der Waals surface area contributed by atoms with Crippen molar-refractivity contribution in [3.8, 4) is 0 Å². The van der Waals surface area contributed by atoms with Crippen LogP contribution in [-0.2, 0) is 16.0 Å². The molecule has 0 aliphatic carbocycles. The van der Waals surface area contributed by atoms with Gasteiger partial charge in [-0.15, -0.1) is 0 Å². The summed E-state index contributed by atoms with van der Waals surface area (Å²) in [6, 6.07) is 9.45. The Balaban J connectivity index is 2.42. The number of rotatable bonds is 4. The summed E-state index contributed by atoms with van der Waals surface area (Å²) >= 11 is 0. The van der Waals surface area contributed by atoms with E-state index in [-0.39, 0.29) is 0 Å². The van der Waals surface area contributed by atoms with Crippen LogP contribution in [0.4, 0.5) is 11.4 Å². The van der Waals surface area contributed by atoms with Gasteiger partial charge in [0, 0.05) is 0 Å². The van der Waals surface area contributed by atoms with Crippen LogP contribution in [0.2, 0.25) is 0 Å². The molecule has 2 rings (SSSR count). The van der Waals surface area contributed by atoms with E-state index in [9.17, 15) is 9.59 Å². The number of isocyanates is 2. The molecular weight excluding hydrogens is 276 g/mol. The van der Waals surface area contributed by atoms with Gasteiger partial charge in [0.15, 0.2) is 0 Å². The quantitative estimate of drug-likeness (QED) is 0.628. The number of hydrogen-bond donors (Lipinski definition) is 0. The molecule has 0 bridgehead atoms. The van der Waals surface area contributed by atoms with Gasteiger partial charge in [-0.1, -0.05) is 18.2 Å². The van der Waals surface area contributed by atoms with Gasteiger partial charge in [0.2, 0.25) is 12.2 Å². The van der Waals surface area contributed by atoms with Crippen molar-refractivity contribution in [3.63, 3.8) is 0 Å². The Labute approximate surface area is 129 Å². The fraction of sp³-hybridized carbons (Fsp3) is 0.222. The van der Waals surface area contributed by atoms with Crippen molar-refractivity contribution >= 4 is 23.5 Å². The van der Waals surface area contributed by atoms with E-state index in [2.05, 4.69) is 16.9 Å². The largest absolute Gasteiger partial charge is 0.240 e. The maximum absolute atomic E-state index is 10.6. The van der Waals surface area contributed by atoms with Gasteiger partial charge < -0.3 is 0 Å². The van der Waals surface area contributed by atoms with E-state index < -0.39 is 0 Å². The van der Waals surface area contributed by atoms with Crippen LogP contribution in [0.3, 0.4) is 0 Å². The Bertz CT molecular complexity index is 795. The minimum Gasteiger partial charge on any atom is -0.211 e. The number of benzene rings is 2. The van der Waals surface area contributed by atoms with Crippen LogP contribution in [0.25, 0.3) is 0 Å². The highest BCUT2D eigenvalue weighted by Crippen LogP contribution is 2.30. The smallest absolute Gasteiger partial charge is 0.211 e. The van der Waals surface area contributed by atoms with E-state index in [0.717, 1.165) is 34.2 Å². The first kappa shape index (κ1) is 15.6. The fourth-order valence-electron chi connectivity index (χ4n) is 2.65. The summed E-state index contributed by atoms with van der Waals surface area (Å²) in [6.07, 6.45) is 3.88. The van der Waals surface area contributed by atoms with E-state index in [1.54, 1.807) is 18.2 Å². The Morgan fingerprint density at radius 2 is 1.55 bits per heavy atom. The Morgan fingerprint density at radius 3 is 2.14 bits per heavy atom. The van der Waals surface area contributed by atoms with Gasteiger partial charge in [0.05, 0.1) is 11.4 Å². The monoisotopic (exact) mass is 292 g/mol. The molecule has 0 aliphatic heterocycles. The molecule has 2 aromatic carbocycles. The van der Waals surface area contributed by atoms with Crippen LogP contribution < -0.4 is 0 Å². The second kappa shape index (κ2) is 6.77. The molecule has 0 heterocycles. The molecule has 0 atom stereocenters. The zero-order chi connectivity index (χ0) is 16.1. The van der Waals surface area contributed by atoms with Crippen LogP contribution in [0.1, 0.15) is 27.8 Å². The van der Waals surface area contributed by atoms with E-state index in [4.69, 9.17) is 0 Å². The molecule has 0 aliphatic rings. The highest BCUT2D eigenvalue weighted by atomic mass is 16.1. The summed E-state index contributed by atoms with van der Waals surface area (Å²) < 4.78 is 0. The van der Waals surface area contributed by atoms with Crippen LogP contribution in [0.5, 0.6) is 0 Å². The summed E-state index contributed by atoms with van der Waals surface area (Å²) in [5, 5.41) is 0. The van der Waals surface area contributed by atoms with Crippen LogP contribution in [0.15, 0.2) is 40.3 Å². The third-order valence-electron chi connectivity index (χ3n) is 3.74. The number of hydrogen-bond acceptors (Lipinski definition) is 4. The maximum atomic E-state index is 10.6. The molecule has 0 fully saturated rings. The van der Waals surface area contributed by atoms with Crippen molar-refractivity contribution in [1.82, 2.24) is 0 Å². The SMILES string of the molecule is Cc1cc(C)c(N=C=O)c(C)c1Cc1ccc(N=C=O)cc1. The molecule has 0 radical (unpaired) electrons. The third-order valence-corrected chi connectivity index (χ3v) is 3.74. The lowest BCUT2D eigenvalue weighted by Gasteiger charge is -2.14. The molecule has 0 amide bonds. The average Bonchev–Trinajstić information content (AvgIpc) is 2.50. The minimum atomic E-state index is 0.586. The zero-order valence-electron chi connectivity index (χ0n) is 12.8. The maximum Gasteiger partial charge on any atom is 0.240 e. The summed E-state index contributed by atoms with van der Waals surface area (Å²) in [5.41, 5.74) is 6.65. The van der Waals surface area contributed by atoms with Crippen LogP contribution in [-0.4, -0.2) is 12.2 Å². The van der Waals surface area contributed by atoms with E-state index in [1.807, 2.05) is 32.0 Å². The fourth-order valence-corrected chi connectivity index (χ4v) is 2.65. The molecule has 4 nitrogen and oxygen atoms in total. The van der Waals surface area contributed by atoms with Gasteiger partial charge in [-0.2, -0.15) is 9.98 Å². The van der Waals surface area contributed by atoms with E-state index in [1.165, 1.54) is 6.08 Å². The molecule has 0 saturated heterocycles. The molecule has 0 unspecified atom stereocenters. The average molecular weight is 292 g/mol. The van der Waals surface area contributed by atoms with Crippen LogP contribution >= 0.6 is 0 Å². The van der Waals surface area contributed by atoms with Crippen molar-refractivity contribution in [2.45, 2.75) is 27.2 Å². The van der Waals surface area contributed by atoms with Gasteiger partial charge >= 0.3 is 0 Å². The normalized spacial score (nSPS) is 9.77. The van der Waals surface area contributed by atoms with E-state index in [0.29, 0.717) is 11.4 Å². The lowest BCUT2D eigenvalue weighted by atomic mass is 9.92. The molecule has 0 aromatic heterocycles. The van der Waals surface area contributed by atoms with Crippen molar-refractivity contribution in [2.75, 3.05) is 0 Å². The minimum absolute atomic E-state index is 0.586. The molecule has 2 aromatic rings. The number of aryl methyl sites for hydroxylation is 2. The molecular formula is C18H16N2O2. The van der Waals surface area contributed by atoms with Gasteiger partial charge in [-0.25, -0.2) is 9.59 Å². The highest BCUT2D eigenvalue weighted by molar-refractivity contribution is 5.62.